The lowest BCUT2D eigenvalue weighted by Gasteiger charge is -2.29. The number of pyridine rings is 1. The molecule has 0 saturated carbocycles. The minimum Gasteiger partial charge on any atom is -0.369 e. The number of halogens is 1. The molecule has 1 N–H and O–H groups in total. The maximum absolute atomic E-state index is 6.69. The molecule has 0 bridgehead atoms. The van der Waals surface area contributed by atoms with Crippen molar-refractivity contribution in [2.45, 2.75) is 6.92 Å². The van der Waals surface area contributed by atoms with Crippen molar-refractivity contribution in [3.63, 3.8) is 0 Å². The van der Waals surface area contributed by atoms with Crippen LogP contribution in [-0.4, -0.2) is 35.7 Å². The molecule has 3 heterocycles. The van der Waals surface area contributed by atoms with Gasteiger partial charge in [-0.25, -0.2) is 4.98 Å². The van der Waals surface area contributed by atoms with E-state index in [1.807, 2.05) is 6.07 Å². The first kappa shape index (κ1) is 19.2. The van der Waals surface area contributed by atoms with Gasteiger partial charge in [0.15, 0.2) is 0 Å². The van der Waals surface area contributed by atoms with Crippen LogP contribution >= 0.6 is 11.6 Å². The van der Waals surface area contributed by atoms with Gasteiger partial charge in [-0.2, -0.15) is 0 Å². The van der Waals surface area contributed by atoms with Gasteiger partial charge in [0, 0.05) is 56.1 Å². The zero-order valence-corrected chi connectivity index (χ0v) is 18.1. The molecular weight excluding hydrogens is 392 g/mol. The second-order valence-corrected chi connectivity index (χ2v) is 8.33. The lowest BCUT2D eigenvalue weighted by Crippen LogP contribution is -2.43. The van der Waals surface area contributed by atoms with Gasteiger partial charge in [-0.3, -0.25) is 0 Å². The topological polar surface area (TPSA) is 33.1 Å². The van der Waals surface area contributed by atoms with Crippen LogP contribution in [-0.2, 0) is 7.05 Å². The van der Waals surface area contributed by atoms with Crippen molar-refractivity contribution in [3.05, 3.63) is 71.4 Å². The van der Waals surface area contributed by atoms with Crippen LogP contribution in [0.5, 0.6) is 0 Å². The van der Waals surface area contributed by atoms with Crippen molar-refractivity contribution in [1.29, 1.82) is 0 Å². The van der Waals surface area contributed by atoms with Crippen molar-refractivity contribution >= 4 is 28.3 Å². The lowest BCUT2D eigenvalue weighted by atomic mass is 9.97. The molecule has 0 atom stereocenters. The average molecular weight is 417 g/mol. The van der Waals surface area contributed by atoms with Crippen molar-refractivity contribution in [2.75, 3.05) is 31.1 Å². The second kappa shape index (κ2) is 7.78. The van der Waals surface area contributed by atoms with Gasteiger partial charge in [0.25, 0.3) is 0 Å². The molecule has 0 spiro atoms. The third-order valence-corrected chi connectivity index (χ3v) is 6.26. The highest BCUT2D eigenvalue weighted by Crippen LogP contribution is 2.42. The van der Waals surface area contributed by atoms with Crippen LogP contribution in [0.25, 0.3) is 33.4 Å². The molecule has 1 aliphatic heterocycles. The van der Waals surface area contributed by atoms with Crippen LogP contribution in [0.4, 0.5) is 5.69 Å². The molecule has 2 aromatic carbocycles. The quantitative estimate of drug-likeness (QED) is 0.493. The molecule has 30 heavy (non-hydrogen) atoms. The van der Waals surface area contributed by atoms with Crippen LogP contribution in [0.1, 0.15) is 5.56 Å². The number of piperazine rings is 1. The summed E-state index contributed by atoms with van der Waals surface area (Å²) < 4.78 is 2.17. The fourth-order valence-corrected chi connectivity index (χ4v) is 4.71. The molecule has 1 fully saturated rings. The Morgan fingerprint density at radius 1 is 0.967 bits per heavy atom. The third kappa shape index (κ3) is 3.26. The summed E-state index contributed by atoms with van der Waals surface area (Å²) in [7, 11) is 2.07. The summed E-state index contributed by atoms with van der Waals surface area (Å²) in [4.78, 5) is 7.08. The summed E-state index contributed by atoms with van der Waals surface area (Å²) in [6, 6.07) is 19.4. The van der Waals surface area contributed by atoms with Gasteiger partial charge in [0.05, 0.1) is 10.7 Å². The van der Waals surface area contributed by atoms with E-state index in [0.29, 0.717) is 0 Å². The predicted octanol–water partition coefficient (Wildman–Crippen LogP) is 5.28. The first-order valence-electron chi connectivity index (χ1n) is 10.4. The summed E-state index contributed by atoms with van der Waals surface area (Å²) in [6.07, 6.45) is 1.78. The zero-order valence-electron chi connectivity index (χ0n) is 17.3. The van der Waals surface area contributed by atoms with Crippen LogP contribution in [0.15, 0.2) is 60.8 Å². The second-order valence-electron chi connectivity index (χ2n) is 7.93. The van der Waals surface area contributed by atoms with Crippen LogP contribution in [0.2, 0.25) is 5.02 Å². The first-order chi connectivity index (χ1) is 14.6. The molecule has 5 rings (SSSR count). The number of aryl methyl sites for hydroxylation is 2. The van der Waals surface area contributed by atoms with Gasteiger partial charge in [0.2, 0.25) is 0 Å². The zero-order chi connectivity index (χ0) is 20.7. The van der Waals surface area contributed by atoms with Crippen molar-refractivity contribution < 1.29 is 0 Å². The molecular formula is C25H25ClN4. The van der Waals surface area contributed by atoms with Gasteiger partial charge in [-0.1, -0.05) is 53.6 Å². The van der Waals surface area contributed by atoms with E-state index in [0.717, 1.165) is 59.1 Å². The highest BCUT2D eigenvalue weighted by molar-refractivity contribution is 6.37. The molecule has 4 nitrogen and oxygen atoms in total. The van der Waals surface area contributed by atoms with E-state index in [1.165, 1.54) is 16.8 Å². The van der Waals surface area contributed by atoms with E-state index in [-0.39, 0.29) is 0 Å². The molecule has 0 aliphatic carbocycles. The van der Waals surface area contributed by atoms with E-state index in [1.54, 1.807) is 6.20 Å². The Balaban J connectivity index is 1.70. The van der Waals surface area contributed by atoms with Crippen molar-refractivity contribution in [2.24, 2.45) is 7.05 Å². The van der Waals surface area contributed by atoms with E-state index >= 15 is 0 Å². The molecule has 0 amide bonds. The third-order valence-electron chi connectivity index (χ3n) is 5.95. The van der Waals surface area contributed by atoms with Gasteiger partial charge in [-0.15, -0.1) is 0 Å². The normalized spacial score (nSPS) is 14.4. The average Bonchev–Trinajstić information content (AvgIpc) is 3.08. The Labute approximate surface area is 182 Å². The number of rotatable bonds is 3. The summed E-state index contributed by atoms with van der Waals surface area (Å²) in [5.74, 6) is 0. The predicted molar refractivity (Wildman–Crippen MR) is 126 cm³/mol. The fourth-order valence-electron chi connectivity index (χ4n) is 4.48. The number of anilines is 1. The number of fused-ring (bicyclic) bond motifs is 1. The van der Waals surface area contributed by atoms with E-state index < -0.39 is 0 Å². The lowest BCUT2D eigenvalue weighted by molar-refractivity contribution is 0.589. The maximum atomic E-state index is 6.69. The molecule has 4 aromatic rings. The van der Waals surface area contributed by atoms with Gasteiger partial charge in [-0.05, 0) is 36.2 Å². The Kier molecular flexibility index (Phi) is 4.97. The summed E-state index contributed by atoms with van der Waals surface area (Å²) in [6.45, 7) is 6.28. The number of aromatic nitrogens is 2. The van der Waals surface area contributed by atoms with E-state index in [4.69, 9.17) is 11.6 Å². The van der Waals surface area contributed by atoms with Gasteiger partial charge >= 0.3 is 0 Å². The summed E-state index contributed by atoms with van der Waals surface area (Å²) in [5, 5.41) is 5.16. The van der Waals surface area contributed by atoms with Gasteiger partial charge in [0.1, 0.15) is 5.65 Å². The summed E-state index contributed by atoms with van der Waals surface area (Å²) >= 11 is 6.69. The molecule has 5 heteroatoms. The number of hydrogen-bond donors (Lipinski definition) is 1. The Morgan fingerprint density at radius 3 is 2.47 bits per heavy atom. The maximum Gasteiger partial charge on any atom is 0.142 e. The van der Waals surface area contributed by atoms with Crippen LogP contribution < -0.4 is 10.2 Å². The molecule has 0 radical (unpaired) electrons. The molecule has 2 aromatic heterocycles. The molecule has 0 unspecified atom stereocenters. The monoisotopic (exact) mass is 416 g/mol. The minimum atomic E-state index is 0.732. The minimum absolute atomic E-state index is 0.732. The smallest absolute Gasteiger partial charge is 0.142 e. The Morgan fingerprint density at radius 2 is 1.73 bits per heavy atom. The number of hydrogen-bond acceptors (Lipinski definition) is 3. The largest absolute Gasteiger partial charge is 0.369 e. The number of benzene rings is 2. The van der Waals surface area contributed by atoms with Crippen LogP contribution in [0, 0.1) is 6.92 Å². The van der Waals surface area contributed by atoms with Crippen molar-refractivity contribution in [3.8, 4) is 22.4 Å². The Bertz CT molecular complexity index is 1200. The van der Waals surface area contributed by atoms with Crippen LogP contribution in [0.3, 0.4) is 0 Å². The van der Waals surface area contributed by atoms with E-state index in [2.05, 4.69) is 82.3 Å². The molecule has 1 saturated heterocycles. The standard InChI is InChI=1S/C25H25ClN4/c1-17-4-3-5-19(16-17)22-23-21(26)10-11-28-25(23)29(2)24(22)18-6-8-20(9-7-18)30-14-12-27-13-15-30/h3-11,16,27H,12-15H2,1-2H3. The van der Waals surface area contributed by atoms with E-state index in [9.17, 15) is 0 Å². The molecule has 152 valence electrons. The summed E-state index contributed by atoms with van der Waals surface area (Å²) in [5.41, 5.74) is 8.02. The highest BCUT2D eigenvalue weighted by atomic mass is 35.5. The van der Waals surface area contributed by atoms with Crippen molar-refractivity contribution in [1.82, 2.24) is 14.9 Å². The fraction of sp³-hybridized carbons (Fsp3) is 0.240. The highest BCUT2D eigenvalue weighted by Gasteiger charge is 2.21. The number of nitrogens with one attached hydrogen (secondary N) is 1. The van der Waals surface area contributed by atoms with Gasteiger partial charge < -0.3 is 14.8 Å². The number of nitrogens with zero attached hydrogens (tertiary/aromatic N) is 3. The Hall–Kier alpha value is -2.82. The SMILES string of the molecule is Cc1cccc(-c2c(-c3ccc(N4CCNCC4)cc3)n(C)c3nccc(Cl)c23)c1. The molecule has 1 aliphatic rings. The first-order valence-corrected chi connectivity index (χ1v) is 10.8.